The molecular weight excluding hydrogens is 558 g/mol. The highest BCUT2D eigenvalue weighted by Crippen LogP contribution is 2.32. The largest absolute Gasteiger partial charge is 0.423 e. The number of halogens is 6. The van der Waals surface area contributed by atoms with Crippen LogP contribution in [0.25, 0.3) is 22.2 Å². The first-order chi connectivity index (χ1) is 19.1. The molecule has 1 aromatic carbocycles. The van der Waals surface area contributed by atoms with Gasteiger partial charge in [0.25, 0.3) is 11.1 Å². The first-order valence-electron chi connectivity index (χ1n) is 12.2. The Balaban J connectivity index is 1.56. The van der Waals surface area contributed by atoms with Gasteiger partial charge in [-0.25, -0.2) is 28.2 Å². The van der Waals surface area contributed by atoms with Crippen molar-refractivity contribution in [2.75, 3.05) is 5.32 Å². The second kappa shape index (κ2) is 11.0. The van der Waals surface area contributed by atoms with E-state index in [1.165, 1.54) is 51.5 Å². The molecule has 2 unspecified atom stereocenters. The molecular formula is C26H24F6N6O3. The van der Waals surface area contributed by atoms with Gasteiger partial charge in [0.1, 0.15) is 11.7 Å². The van der Waals surface area contributed by atoms with Crippen molar-refractivity contribution in [2.24, 2.45) is 0 Å². The van der Waals surface area contributed by atoms with E-state index in [2.05, 4.69) is 20.4 Å². The number of nitrogens with zero attached hydrogens (tertiary/aromatic N) is 4. The molecule has 3 aromatic heterocycles. The lowest BCUT2D eigenvalue weighted by atomic mass is 10.0. The monoisotopic (exact) mass is 582 g/mol. The van der Waals surface area contributed by atoms with E-state index in [1.54, 1.807) is 5.10 Å². The molecule has 9 nitrogen and oxygen atoms in total. The number of hydrogen-bond acceptors (Lipinski definition) is 7. The first kappa shape index (κ1) is 29.7. The van der Waals surface area contributed by atoms with Crippen LogP contribution in [0.1, 0.15) is 38.3 Å². The molecule has 0 saturated heterocycles. The van der Waals surface area contributed by atoms with Gasteiger partial charge in [-0.2, -0.15) is 18.3 Å². The SMILES string of the molecule is CC(CC(F)Cn1ccc2cc(-c3ncc(C(C)(C)O)cn3)c(F)c(F)c2c1=O)Nc1cn[nH]c(=O)c1C(F)(F)F. The number of anilines is 1. The molecule has 218 valence electrons. The van der Waals surface area contributed by atoms with E-state index in [-0.39, 0.29) is 16.8 Å². The van der Waals surface area contributed by atoms with E-state index in [0.29, 0.717) is 5.56 Å². The van der Waals surface area contributed by atoms with Crippen LogP contribution in [-0.4, -0.2) is 42.1 Å². The number of nitrogens with one attached hydrogen (secondary N) is 2. The van der Waals surface area contributed by atoms with E-state index < -0.39 is 76.3 Å². The maximum atomic E-state index is 15.1. The molecule has 3 heterocycles. The molecule has 0 bridgehead atoms. The zero-order valence-corrected chi connectivity index (χ0v) is 21.9. The smallest absolute Gasteiger partial charge is 0.386 e. The summed E-state index contributed by atoms with van der Waals surface area (Å²) < 4.78 is 85.6. The number of aliphatic hydroxyl groups is 1. The zero-order valence-electron chi connectivity index (χ0n) is 21.9. The van der Waals surface area contributed by atoms with Gasteiger partial charge in [0, 0.05) is 36.6 Å². The Kier molecular flexibility index (Phi) is 7.94. The molecule has 0 spiro atoms. The molecule has 3 N–H and O–H groups in total. The number of fused-ring (bicyclic) bond motifs is 1. The Morgan fingerprint density at radius 2 is 1.76 bits per heavy atom. The van der Waals surface area contributed by atoms with Crippen LogP contribution >= 0.6 is 0 Å². The van der Waals surface area contributed by atoms with E-state index in [4.69, 9.17) is 0 Å². The number of H-pyrrole nitrogens is 1. The third-order valence-electron chi connectivity index (χ3n) is 6.29. The average molecular weight is 583 g/mol. The molecule has 0 aliphatic carbocycles. The van der Waals surface area contributed by atoms with E-state index >= 15 is 8.78 Å². The summed E-state index contributed by atoms with van der Waals surface area (Å²) in [4.78, 5) is 32.5. The second-order valence-electron chi connectivity index (χ2n) is 10.0. The quantitative estimate of drug-likeness (QED) is 0.265. The normalized spacial score (nSPS) is 13.8. The Hall–Kier alpha value is -4.27. The van der Waals surface area contributed by atoms with Crippen LogP contribution in [-0.2, 0) is 18.3 Å². The Labute approximate surface area is 227 Å². The van der Waals surface area contributed by atoms with Gasteiger partial charge in [-0.1, -0.05) is 0 Å². The van der Waals surface area contributed by atoms with Crippen LogP contribution in [0.15, 0.2) is 46.5 Å². The summed E-state index contributed by atoms with van der Waals surface area (Å²) >= 11 is 0. The number of alkyl halides is 4. The number of aromatic amines is 1. The Morgan fingerprint density at radius 3 is 2.37 bits per heavy atom. The van der Waals surface area contributed by atoms with Crippen LogP contribution in [0.5, 0.6) is 0 Å². The molecule has 0 amide bonds. The topological polar surface area (TPSA) is 126 Å². The van der Waals surface area contributed by atoms with Gasteiger partial charge >= 0.3 is 6.18 Å². The number of benzene rings is 1. The fourth-order valence-electron chi connectivity index (χ4n) is 4.25. The van der Waals surface area contributed by atoms with Crippen LogP contribution in [0.3, 0.4) is 0 Å². The Morgan fingerprint density at radius 1 is 1.10 bits per heavy atom. The van der Waals surface area contributed by atoms with Crippen molar-refractivity contribution in [3.63, 3.8) is 0 Å². The minimum absolute atomic E-state index is 0.00207. The van der Waals surface area contributed by atoms with Gasteiger partial charge in [0.05, 0.1) is 35.0 Å². The summed E-state index contributed by atoms with van der Waals surface area (Å²) in [5.74, 6) is -3.07. The highest BCUT2D eigenvalue weighted by molar-refractivity contribution is 5.86. The molecule has 4 rings (SSSR count). The van der Waals surface area contributed by atoms with Crippen molar-refractivity contribution in [2.45, 2.75) is 57.7 Å². The van der Waals surface area contributed by atoms with Crippen molar-refractivity contribution in [1.29, 1.82) is 0 Å². The minimum Gasteiger partial charge on any atom is -0.386 e. The number of rotatable bonds is 8. The van der Waals surface area contributed by atoms with Crippen LogP contribution < -0.4 is 16.4 Å². The van der Waals surface area contributed by atoms with Gasteiger partial charge in [0.2, 0.25) is 0 Å². The lowest BCUT2D eigenvalue weighted by molar-refractivity contribution is -0.138. The summed E-state index contributed by atoms with van der Waals surface area (Å²) in [6, 6.07) is 1.51. The summed E-state index contributed by atoms with van der Waals surface area (Å²) in [6.45, 7) is 3.76. The highest BCUT2D eigenvalue weighted by atomic mass is 19.4. The molecule has 0 aliphatic rings. The molecule has 0 radical (unpaired) electrons. The van der Waals surface area contributed by atoms with Crippen molar-refractivity contribution in [1.82, 2.24) is 24.7 Å². The van der Waals surface area contributed by atoms with Crippen molar-refractivity contribution < 1.29 is 31.4 Å². The van der Waals surface area contributed by atoms with Crippen LogP contribution in [0.2, 0.25) is 0 Å². The van der Waals surface area contributed by atoms with Gasteiger partial charge in [0.15, 0.2) is 17.5 Å². The van der Waals surface area contributed by atoms with E-state index in [1.807, 2.05) is 0 Å². The highest BCUT2D eigenvalue weighted by Gasteiger charge is 2.37. The molecule has 0 aliphatic heterocycles. The number of pyridine rings is 1. The summed E-state index contributed by atoms with van der Waals surface area (Å²) in [5.41, 5.74) is -5.90. The summed E-state index contributed by atoms with van der Waals surface area (Å²) in [7, 11) is 0. The predicted octanol–water partition coefficient (Wildman–Crippen LogP) is 4.30. The molecule has 0 saturated carbocycles. The minimum atomic E-state index is -4.99. The van der Waals surface area contributed by atoms with Crippen LogP contribution in [0, 0.1) is 11.6 Å². The Bertz CT molecular complexity index is 1700. The number of hydrogen-bond donors (Lipinski definition) is 3. The summed E-state index contributed by atoms with van der Waals surface area (Å²) in [6.07, 6.45) is -2.74. The van der Waals surface area contributed by atoms with Crippen molar-refractivity contribution >= 4 is 16.5 Å². The van der Waals surface area contributed by atoms with Gasteiger partial charge in [-0.3, -0.25) is 9.59 Å². The molecule has 0 fully saturated rings. The van der Waals surface area contributed by atoms with Crippen molar-refractivity contribution in [3.8, 4) is 11.4 Å². The standard InChI is InChI=1S/C26H24F6N6O3/c1-12(36-17-10-35-37-23(39)19(17)26(30,31)32)6-15(27)11-38-5-4-13-7-16(20(28)21(29)18(13)24(38)40)22-33-8-14(9-34-22)25(2,3)41/h4-5,7-10,12,15,41H,6,11H2,1-3H3,(H2,36,37,39). The predicted molar refractivity (Wildman–Crippen MR) is 137 cm³/mol. The molecule has 4 aromatic rings. The molecule has 2 atom stereocenters. The number of aromatic nitrogens is 5. The third kappa shape index (κ3) is 6.24. The second-order valence-corrected chi connectivity index (χ2v) is 10.0. The average Bonchev–Trinajstić information content (AvgIpc) is 2.86. The summed E-state index contributed by atoms with van der Waals surface area (Å²) in [5, 5.41) is 16.8. The maximum absolute atomic E-state index is 15.1. The third-order valence-corrected chi connectivity index (χ3v) is 6.29. The van der Waals surface area contributed by atoms with Gasteiger partial charge in [-0.15, -0.1) is 0 Å². The van der Waals surface area contributed by atoms with Crippen LogP contribution in [0.4, 0.5) is 32.0 Å². The maximum Gasteiger partial charge on any atom is 0.423 e. The van der Waals surface area contributed by atoms with Gasteiger partial charge < -0.3 is 15.0 Å². The zero-order chi connectivity index (χ0) is 30.3. The van der Waals surface area contributed by atoms with E-state index in [0.717, 1.165) is 10.8 Å². The molecule has 15 heteroatoms. The fourth-order valence-corrected chi connectivity index (χ4v) is 4.25. The first-order valence-corrected chi connectivity index (χ1v) is 12.2. The lowest BCUT2D eigenvalue weighted by Crippen LogP contribution is -2.30. The van der Waals surface area contributed by atoms with Crippen molar-refractivity contribution in [3.05, 3.63) is 80.4 Å². The lowest BCUT2D eigenvalue weighted by Gasteiger charge is -2.20. The van der Waals surface area contributed by atoms with Gasteiger partial charge in [-0.05, 0) is 38.3 Å². The fraction of sp³-hybridized carbons (Fsp3) is 0.346. The van der Waals surface area contributed by atoms with E-state index in [9.17, 15) is 32.3 Å². The molecule has 41 heavy (non-hydrogen) atoms.